The lowest BCUT2D eigenvalue weighted by Crippen LogP contribution is -2.44. The van der Waals surface area contributed by atoms with Crippen molar-refractivity contribution in [3.05, 3.63) is 70.2 Å². The molecule has 224 valence electrons. The molecule has 0 aliphatic carbocycles. The van der Waals surface area contributed by atoms with Gasteiger partial charge in [-0.25, -0.2) is 9.97 Å². The molecule has 0 radical (unpaired) electrons. The summed E-state index contributed by atoms with van der Waals surface area (Å²) in [5, 5.41) is 4.03. The smallest absolute Gasteiger partial charge is 0.260 e. The van der Waals surface area contributed by atoms with Crippen molar-refractivity contribution in [2.75, 3.05) is 56.5 Å². The Bertz CT molecular complexity index is 1750. The summed E-state index contributed by atoms with van der Waals surface area (Å²) in [6.45, 7) is 10.6. The van der Waals surface area contributed by atoms with Gasteiger partial charge < -0.3 is 20.0 Å². The van der Waals surface area contributed by atoms with E-state index in [4.69, 9.17) is 4.98 Å². The van der Waals surface area contributed by atoms with Crippen molar-refractivity contribution < 1.29 is 9.18 Å². The van der Waals surface area contributed by atoms with Crippen LogP contribution in [0.25, 0.3) is 22.2 Å². The maximum absolute atomic E-state index is 14.2. The molecule has 0 spiro atoms. The van der Waals surface area contributed by atoms with Crippen LogP contribution in [0.2, 0.25) is 0 Å². The van der Waals surface area contributed by atoms with E-state index in [9.17, 15) is 14.0 Å². The molecule has 1 aromatic carbocycles. The molecular formula is C32H37FN8O2. The summed E-state index contributed by atoms with van der Waals surface area (Å²) in [7, 11) is 2.15. The number of amides is 1. The Hall–Kier alpha value is -4.38. The molecule has 2 aliphatic heterocycles. The quantitative estimate of drug-likeness (QED) is 0.347. The van der Waals surface area contributed by atoms with Gasteiger partial charge in [0, 0.05) is 81.4 Å². The zero-order chi connectivity index (χ0) is 30.2. The third-order valence-corrected chi connectivity index (χ3v) is 8.73. The lowest BCUT2D eigenvalue weighted by Gasteiger charge is -2.35. The van der Waals surface area contributed by atoms with Crippen molar-refractivity contribution in [3.8, 4) is 11.1 Å². The van der Waals surface area contributed by atoms with E-state index in [0.717, 1.165) is 43.9 Å². The number of nitrogens with zero attached hydrogens (tertiary/aromatic N) is 7. The second-order valence-electron chi connectivity index (χ2n) is 11.7. The molecule has 2 aliphatic rings. The molecule has 1 N–H and O–H groups in total. The minimum Gasteiger partial charge on any atom is -0.369 e. The summed E-state index contributed by atoms with van der Waals surface area (Å²) in [5.41, 5.74) is 4.93. The molecule has 1 unspecified atom stereocenters. The van der Waals surface area contributed by atoms with Gasteiger partial charge >= 0.3 is 0 Å². The number of nitrogens with one attached hydrogen (secondary N) is 1. The lowest BCUT2D eigenvalue weighted by molar-refractivity contribution is -0.130. The summed E-state index contributed by atoms with van der Waals surface area (Å²) in [6, 6.07) is 8.87. The maximum atomic E-state index is 14.2. The van der Waals surface area contributed by atoms with Crippen molar-refractivity contribution in [2.24, 2.45) is 0 Å². The number of rotatable bonds is 5. The Morgan fingerprint density at radius 3 is 2.56 bits per heavy atom. The molecule has 1 atom stereocenters. The van der Waals surface area contributed by atoms with Crippen LogP contribution in [-0.2, 0) is 4.79 Å². The Kier molecular flexibility index (Phi) is 7.83. The van der Waals surface area contributed by atoms with E-state index in [1.54, 1.807) is 28.7 Å². The minimum atomic E-state index is -0.659. The second-order valence-corrected chi connectivity index (χ2v) is 11.7. The predicted octanol–water partition coefficient (Wildman–Crippen LogP) is 4.29. The molecule has 4 aromatic rings. The number of likely N-dealkylation sites (tertiary alicyclic amines) is 1. The fourth-order valence-corrected chi connectivity index (χ4v) is 6.35. The third kappa shape index (κ3) is 5.69. The van der Waals surface area contributed by atoms with Crippen LogP contribution in [0.15, 0.2) is 47.5 Å². The van der Waals surface area contributed by atoms with Crippen LogP contribution in [0.4, 0.5) is 21.7 Å². The monoisotopic (exact) mass is 584 g/mol. The molecule has 0 bridgehead atoms. The van der Waals surface area contributed by atoms with Gasteiger partial charge in [-0.05, 0) is 74.7 Å². The number of halogens is 1. The standard InChI is InChI=1S/C32H37FN8O2/c1-20-16-24(7-8-27(20)39-14-12-38(4)13-15-39)36-32-35-18-26-21(2)29(23-9-10-34-28(33)17-23)31(43)41(30(26)37-32)25-6-5-11-40(19-25)22(3)42/h7-10,16-18,25H,5-6,11-15,19H2,1-4H3,(H,35,36,37). The molecule has 6 rings (SSSR count). The summed E-state index contributed by atoms with van der Waals surface area (Å²) in [5.74, 6) is -0.320. The Balaban J connectivity index is 1.41. The predicted molar refractivity (Wildman–Crippen MR) is 166 cm³/mol. The Labute approximate surface area is 250 Å². The molecule has 2 saturated heterocycles. The minimum absolute atomic E-state index is 0.0297. The van der Waals surface area contributed by atoms with Crippen LogP contribution >= 0.6 is 0 Å². The van der Waals surface area contributed by atoms with Gasteiger partial charge in [0.15, 0.2) is 0 Å². The number of anilines is 3. The number of carbonyl (C=O) groups is 1. The van der Waals surface area contributed by atoms with Crippen molar-refractivity contribution in [1.82, 2.24) is 29.3 Å². The number of piperidine rings is 1. The van der Waals surface area contributed by atoms with Gasteiger partial charge in [0.2, 0.25) is 17.8 Å². The van der Waals surface area contributed by atoms with Crippen molar-refractivity contribution in [1.29, 1.82) is 0 Å². The lowest BCUT2D eigenvalue weighted by atomic mass is 9.98. The number of pyridine rings is 2. The van der Waals surface area contributed by atoms with Gasteiger partial charge in [-0.2, -0.15) is 9.37 Å². The van der Waals surface area contributed by atoms with Crippen LogP contribution in [0.1, 0.15) is 36.9 Å². The van der Waals surface area contributed by atoms with E-state index in [1.807, 2.05) is 13.0 Å². The van der Waals surface area contributed by atoms with Crippen molar-refractivity contribution in [3.63, 3.8) is 0 Å². The van der Waals surface area contributed by atoms with E-state index in [-0.39, 0.29) is 17.5 Å². The van der Waals surface area contributed by atoms with Gasteiger partial charge in [-0.3, -0.25) is 14.2 Å². The average Bonchev–Trinajstić information content (AvgIpc) is 2.98. The number of carbonyl (C=O) groups excluding carboxylic acids is 1. The van der Waals surface area contributed by atoms with Gasteiger partial charge in [0.05, 0.1) is 11.6 Å². The molecule has 11 heteroatoms. The maximum Gasteiger partial charge on any atom is 0.260 e. The number of aromatic nitrogens is 4. The highest BCUT2D eigenvalue weighted by Gasteiger charge is 2.28. The van der Waals surface area contributed by atoms with E-state index in [0.29, 0.717) is 53.2 Å². The normalized spacial score (nSPS) is 17.8. The highest BCUT2D eigenvalue weighted by molar-refractivity contribution is 5.87. The summed E-state index contributed by atoms with van der Waals surface area (Å²) in [6.07, 6.45) is 4.55. The van der Waals surface area contributed by atoms with Gasteiger partial charge in [0.25, 0.3) is 5.56 Å². The van der Waals surface area contributed by atoms with Crippen LogP contribution in [0.3, 0.4) is 0 Å². The van der Waals surface area contributed by atoms with Crippen molar-refractivity contribution in [2.45, 2.75) is 39.7 Å². The summed E-state index contributed by atoms with van der Waals surface area (Å²) in [4.78, 5) is 46.2. The summed E-state index contributed by atoms with van der Waals surface area (Å²) >= 11 is 0. The molecule has 3 aromatic heterocycles. The number of benzene rings is 1. The Morgan fingerprint density at radius 2 is 1.84 bits per heavy atom. The zero-order valence-electron chi connectivity index (χ0n) is 25.1. The van der Waals surface area contributed by atoms with E-state index in [1.165, 1.54) is 18.0 Å². The van der Waals surface area contributed by atoms with Gasteiger partial charge in [-0.1, -0.05) is 0 Å². The number of hydrogen-bond acceptors (Lipinski definition) is 8. The van der Waals surface area contributed by atoms with E-state index in [2.05, 4.69) is 51.2 Å². The van der Waals surface area contributed by atoms with Gasteiger partial charge in [0.1, 0.15) is 5.65 Å². The second kappa shape index (κ2) is 11.7. The van der Waals surface area contributed by atoms with E-state index < -0.39 is 5.95 Å². The molecule has 1 amide bonds. The topological polar surface area (TPSA) is 99.5 Å². The largest absolute Gasteiger partial charge is 0.369 e. The molecule has 10 nitrogen and oxygen atoms in total. The van der Waals surface area contributed by atoms with Crippen LogP contribution < -0.4 is 15.8 Å². The van der Waals surface area contributed by atoms with Crippen LogP contribution in [0.5, 0.6) is 0 Å². The zero-order valence-corrected chi connectivity index (χ0v) is 25.1. The molecule has 0 saturated carbocycles. The molecule has 5 heterocycles. The van der Waals surface area contributed by atoms with Crippen LogP contribution in [-0.4, -0.2) is 81.5 Å². The van der Waals surface area contributed by atoms with Crippen LogP contribution in [0, 0.1) is 19.8 Å². The molecular weight excluding hydrogens is 547 g/mol. The third-order valence-electron chi connectivity index (χ3n) is 8.73. The highest BCUT2D eigenvalue weighted by atomic mass is 19.1. The number of piperazine rings is 1. The number of hydrogen-bond donors (Lipinski definition) is 1. The first kappa shape index (κ1) is 28.7. The first-order chi connectivity index (χ1) is 20.7. The number of fused-ring (bicyclic) bond motifs is 1. The first-order valence-corrected chi connectivity index (χ1v) is 14.8. The SMILES string of the molecule is CC(=O)N1CCCC(n2c(=O)c(-c3ccnc(F)c3)c(C)c3cnc(Nc4ccc(N5CCN(C)CC5)c(C)c4)nc32)C1. The number of aryl methyl sites for hydroxylation is 2. The molecule has 43 heavy (non-hydrogen) atoms. The van der Waals surface area contributed by atoms with Gasteiger partial charge in [-0.15, -0.1) is 0 Å². The fraction of sp³-hybridized carbons (Fsp3) is 0.406. The highest BCUT2D eigenvalue weighted by Crippen LogP contribution is 2.31. The average molecular weight is 585 g/mol. The molecule has 2 fully saturated rings. The van der Waals surface area contributed by atoms with Crippen molar-refractivity contribution >= 4 is 34.3 Å². The first-order valence-electron chi connectivity index (χ1n) is 14.8. The fourth-order valence-electron chi connectivity index (χ4n) is 6.35. The van der Waals surface area contributed by atoms with E-state index >= 15 is 0 Å². The summed E-state index contributed by atoms with van der Waals surface area (Å²) < 4.78 is 15.8. The Morgan fingerprint density at radius 1 is 1.05 bits per heavy atom. The number of likely N-dealkylation sites (N-methyl/N-ethyl adjacent to an activating group) is 1.